The number of hydrogen-bond donors (Lipinski definition) is 1. The van der Waals surface area contributed by atoms with E-state index in [2.05, 4.69) is 17.0 Å². The van der Waals surface area contributed by atoms with Gasteiger partial charge in [0.05, 0.1) is 22.8 Å². The maximum atomic E-state index is 12.7. The Balaban J connectivity index is 2.02. The molecule has 1 unspecified atom stereocenters. The monoisotopic (exact) mass is 343 g/mol. The lowest BCUT2D eigenvalue weighted by atomic mass is 10.1. The number of thiazole rings is 1. The number of carbonyl (C=O) groups excluding carboxylic acids is 1. The number of terminal acetylenes is 1. The van der Waals surface area contributed by atoms with Crippen LogP contribution in [0.1, 0.15) is 44.4 Å². The predicted octanol–water partition coefficient (Wildman–Crippen LogP) is 3.74. The minimum atomic E-state index is -0.563. The van der Waals surface area contributed by atoms with Crippen LogP contribution in [0.4, 0.5) is 9.93 Å². The number of rotatable bonds is 2. The Morgan fingerprint density at radius 1 is 1.54 bits per heavy atom. The first-order chi connectivity index (χ1) is 11.3. The number of nitrogens with zero attached hydrogens (tertiary/aromatic N) is 2. The van der Waals surface area contributed by atoms with Crippen LogP contribution in [0, 0.1) is 12.3 Å². The second-order valence-corrected chi connectivity index (χ2v) is 7.94. The minimum absolute atomic E-state index is 0.102. The van der Waals surface area contributed by atoms with Gasteiger partial charge in [-0.15, -0.1) is 6.42 Å². The zero-order valence-electron chi connectivity index (χ0n) is 14.1. The van der Waals surface area contributed by atoms with Gasteiger partial charge < -0.3 is 10.5 Å². The summed E-state index contributed by atoms with van der Waals surface area (Å²) in [6.07, 6.45) is 6.85. The minimum Gasteiger partial charge on any atom is -0.444 e. The standard InChI is InChI=1S/C18H21N3O2S/c1-5-10-21(17(22)23-18(2,3)4)13-9-7-11-6-8-12-15(14(11)13)24-16(19)20-12/h1,6,8,13H,7,9-10H2,2-4H3,(H2,19,20). The van der Waals surface area contributed by atoms with Crippen LogP contribution < -0.4 is 5.73 Å². The third-order valence-electron chi connectivity index (χ3n) is 3.99. The van der Waals surface area contributed by atoms with Crippen LogP contribution in [-0.4, -0.2) is 28.1 Å². The second-order valence-electron chi connectivity index (χ2n) is 6.91. The van der Waals surface area contributed by atoms with Crippen LogP contribution in [0.3, 0.4) is 0 Å². The first kappa shape index (κ1) is 16.6. The van der Waals surface area contributed by atoms with E-state index in [9.17, 15) is 4.79 Å². The fraction of sp³-hybridized carbons (Fsp3) is 0.444. The molecule has 0 bridgehead atoms. The van der Waals surface area contributed by atoms with Gasteiger partial charge in [-0.05, 0) is 50.8 Å². The molecule has 1 aliphatic rings. The molecule has 6 heteroatoms. The summed E-state index contributed by atoms with van der Waals surface area (Å²) in [7, 11) is 0. The van der Waals surface area contributed by atoms with Gasteiger partial charge in [-0.25, -0.2) is 9.78 Å². The molecular formula is C18H21N3O2S. The number of ether oxygens (including phenoxy) is 1. The van der Waals surface area contributed by atoms with Crippen molar-refractivity contribution < 1.29 is 9.53 Å². The lowest BCUT2D eigenvalue weighted by molar-refractivity contribution is 0.0192. The topological polar surface area (TPSA) is 68.5 Å². The van der Waals surface area contributed by atoms with Crippen LogP contribution in [0.2, 0.25) is 0 Å². The molecule has 0 spiro atoms. The zero-order valence-corrected chi connectivity index (χ0v) is 14.9. The summed E-state index contributed by atoms with van der Waals surface area (Å²) in [5.74, 6) is 2.58. The van der Waals surface area contributed by atoms with Gasteiger partial charge >= 0.3 is 6.09 Å². The molecule has 1 aliphatic carbocycles. The van der Waals surface area contributed by atoms with Gasteiger partial charge in [-0.1, -0.05) is 23.3 Å². The third-order valence-corrected chi connectivity index (χ3v) is 4.92. The Hall–Kier alpha value is -2.26. The Bertz CT molecular complexity index is 829. The Morgan fingerprint density at radius 2 is 2.29 bits per heavy atom. The van der Waals surface area contributed by atoms with E-state index < -0.39 is 5.60 Å². The van der Waals surface area contributed by atoms with Gasteiger partial charge in [0.15, 0.2) is 5.13 Å². The van der Waals surface area contributed by atoms with Crippen LogP contribution in [0.5, 0.6) is 0 Å². The molecular weight excluding hydrogens is 322 g/mol. The highest BCUT2D eigenvalue weighted by atomic mass is 32.1. The maximum Gasteiger partial charge on any atom is 0.411 e. The van der Waals surface area contributed by atoms with Gasteiger partial charge in [0, 0.05) is 0 Å². The lowest BCUT2D eigenvalue weighted by Gasteiger charge is -2.31. The van der Waals surface area contributed by atoms with E-state index >= 15 is 0 Å². The first-order valence-electron chi connectivity index (χ1n) is 7.91. The molecule has 0 aliphatic heterocycles. The van der Waals surface area contributed by atoms with Crippen LogP contribution in [0.15, 0.2) is 12.1 Å². The molecule has 1 aromatic heterocycles. The maximum absolute atomic E-state index is 12.7. The highest BCUT2D eigenvalue weighted by Gasteiger charge is 2.35. The number of benzene rings is 1. The number of amides is 1. The number of hydrogen-bond acceptors (Lipinski definition) is 5. The van der Waals surface area contributed by atoms with Crippen molar-refractivity contribution in [3.8, 4) is 12.3 Å². The normalized spacial score (nSPS) is 16.7. The highest BCUT2D eigenvalue weighted by Crippen LogP contribution is 2.43. The van der Waals surface area contributed by atoms with E-state index in [-0.39, 0.29) is 18.7 Å². The van der Waals surface area contributed by atoms with E-state index in [1.165, 1.54) is 16.9 Å². The number of nitrogens with two attached hydrogens (primary N) is 1. The molecule has 0 saturated carbocycles. The summed E-state index contributed by atoms with van der Waals surface area (Å²) < 4.78 is 6.59. The molecule has 5 nitrogen and oxygen atoms in total. The SMILES string of the molecule is C#CCN(C(=O)OC(C)(C)C)C1CCc2ccc3nc(N)sc3c21. The van der Waals surface area contributed by atoms with Crippen LogP contribution in [-0.2, 0) is 11.2 Å². The van der Waals surface area contributed by atoms with Gasteiger partial charge in [0.1, 0.15) is 5.60 Å². The first-order valence-corrected chi connectivity index (χ1v) is 8.72. The van der Waals surface area contributed by atoms with Crippen molar-refractivity contribution in [2.24, 2.45) is 0 Å². The third kappa shape index (κ3) is 3.04. The molecule has 0 saturated heterocycles. The number of carbonyl (C=O) groups is 1. The van der Waals surface area contributed by atoms with Crippen molar-refractivity contribution >= 4 is 32.8 Å². The Labute approximate surface area is 145 Å². The van der Waals surface area contributed by atoms with Crippen LogP contribution in [0.25, 0.3) is 10.2 Å². The van der Waals surface area contributed by atoms with Crippen molar-refractivity contribution in [3.63, 3.8) is 0 Å². The number of fused-ring (bicyclic) bond motifs is 3. The Morgan fingerprint density at radius 3 is 2.96 bits per heavy atom. The molecule has 0 radical (unpaired) electrons. The van der Waals surface area contributed by atoms with E-state index in [0.29, 0.717) is 5.13 Å². The van der Waals surface area contributed by atoms with E-state index in [4.69, 9.17) is 16.9 Å². The van der Waals surface area contributed by atoms with Gasteiger partial charge in [0.2, 0.25) is 0 Å². The predicted molar refractivity (Wildman–Crippen MR) is 96.9 cm³/mol. The number of nitrogen functional groups attached to an aromatic ring is 1. The summed E-state index contributed by atoms with van der Waals surface area (Å²) in [4.78, 5) is 18.7. The summed E-state index contributed by atoms with van der Waals surface area (Å²) >= 11 is 1.46. The van der Waals surface area contributed by atoms with Crippen molar-refractivity contribution in [1.82, 2.24) is 9.88 Å². The molecule has 1 amide bonds. The van der Waals surface area contributed by atoms with Crippen LogP contribution >= 0.6 is 11.3 Å². The molecule has 1 atom stereocenters. The molecule has 1 heterocycles. The molecule has 3 rings (SSSR count). The zero-order chi connectivity index (χ0) is 17.5. The van der Waals surface area contributed by atoms with E-state index in [0.717, 1.165) is 28.6 Å². The van der Waals surface area contributed by atoms with Crippen molar-refractivity contribution in [3.05, 3.63) is 23.3 Å². The Kier molecular flexibility index (Phi) is 4.14. The molecule has 126 valence electrons. The average molecular weight is 343 g/mol. The molecule has 24 heavy (non-hydrogen) atoms. The summed E-state index contributed by atoms with van der Waals surface area (Å²) in [6, 6.07) is 3.96. The smallest absolute Gasteiger partial charge is 0.411 e. The summed E-state index contributed by atoms with van der Waals surface area (Å²) in [6.45, 7) is 5.76. The van der Waals surface area contributed by atoms with Crippen molar-refractivity contribution in [2.75, 3.05) is 12.3 Å². The number of anilines is 1. The second kappa shape index (κ2) is 5.99. The highest BCUT2D eigenvalue weighted by molar-refractivity contribution is 7.22. The molecule has 1 aromatic carbocycles. The fourth-order valence-corrected chi connectivity index (χ4v) is 4.07. The average Bonchev–Trinajstić information content (AvgIpc) is 3.04. The van der Waals surface area contributed by atoms with Gasteiger partial charge in [-0.2, -0.15) is 0 Å². The number of aryl methyl sites for hydroxylation is 1. The quantitative estimate of drug-likeness (QED) is 0.844. The largest absolute Gasteiger partial charge is 0.444 e. The van der Waals surface area contributed by atoms with Gasteiger partial charge in [0.25, 0.3) is 0 Å². The van der Waals surface area contributed by atoms with Crippen molar-refractivity contribution in [2.45, 2.75) is 45.3 Å². The van der Waals surface area contributed by atoms with Gasteiger partial charge in [-0.3, -0.25) is 4.90 Å². The lowest BCUT2D eigenvalue weighted by Crippen LogP contribution is -2.39. The van der Waals surface area contributed by atoms with E-state index in [1.54, 1.807) is 4.90 Å². The summed E-state index contributed by atoms with van der Waals surface area (Å²) in [5.41, 5.74) is 8.52. The van der Waals surface area contributed by atoms with Crippen molar-refractivity contribution in [1.29, 1.82) is 0 Å². The number of aromatic nitrogens is 1. The molecule has 2 N–H and O–H groups in total. The fourth-order valence-electron chi connectivity index (χ4n) is 3.12. The van der Waals surface area contributed by atoms with E-state index in [1.807, 2.05) is 26.8 Å². The molecule has 0 fully saturated rings. The molecule has 2 aromatic rings. The summed E-state index contributed by atoms with van der Waals surface area (Å²) in [5, 5.41) is 0.532.